The summed E-state index contributed by atoms with van der Waals surface area (Å²) in [5.41, 5.74) is 22.1. The van der Waals surface area contributed by atoms with Crippen molar-refractivity contribution in [1.82, 2.24) is 15.0 Å². The second kappa shape index (κ2) is 7.19. The van der Waals surface area contributed by atoms with Crippen molar-refractivity contribution in [2.45, 2.75) is 6.18 Å². The Morgan fingerprint density at radius 1 is 1.10 bits per heavy atom. The van der Waals surface area contributed by atoms with Crippen LogP contribution < -0.4 is 17.2 Å². The number of hydrogen-bond donors (Lipinski definition) is 5. The highest BCUT2D eigenvalue weighted by Gasteiger charge is 2.38. The Labute approximate surface area is 161 Å². The lowest BCUT2D eigenvalue weighted by molar-refractivity contribution is -0.192. The summed E-state index contributed by atoms with van der Waals surface area (Å²) in [6.45, 7) is 0. The monoisotopic (exact) mass is 404 g/mol. The van der Waals surface area contributed by atoms with Crippen molar-refractivity contribution >= 4 is 45.2 Å². The van der Waals surface area contributed by atoms with Crippen molar-refractivity contribution in [3.8, 4) is 11.1 Å². The molecule has 29 heavy (non-hydrogen) atoms. The first kappa shape index (κ1) is 19.7. The van der Waals surface area contributed by atoms with Gasteiger partial charge >= 0.3 is 12.1 Å². The maximum absolute atomic E-state index is 10.6. The van der Waals surface area contributed by atoms with E-state index in [2.05, 4.69) is 15.0 Å². The predicted octanol–water partition coefficient (Wildman–Crippen LogP) is 3.16. The molecular weight excluding hydrogens is 389 g/mol. The van der Waals surface area contributed by atoms with Gasteiger partial charge in [0.1, 0.15) is 5.82 Å². The van der Waals surface area contributed by atoms with Crippen LogP contribution in [0.2, 0.25) is 0 Å². The Bertz CT molecular complexity index is 1220. The number of anilines is 3. The third-order valence-corrected chi connectivity index (χ3v) is 3.98. The fraction of sp³-hybridized carbons (Fsp3) is 0.0556. The molecule has 0 saturated carbocycles. The number of carbonyl (C=O) groups is 1. The lowest BCUT2D eigenvalue weighted by Gasteiger charge is -2.10. The van der Waals surface area contributed by atoms with E-state index in [1.165, 1.54) is 0 Å². The summed E-state index contributed by atoms with van der Waals surface area (Å²) in [4.78, 5) is 20.5. The highest BCUT2D eigenvalue weighted by atomic mass is 19.4. The van der Waals surface area contributed by atoms with Gasteiger partial charge in [-0.15, -0.1) is 0 Å². The number of nitrogens with one attached hydrogen (secondary N) is 1. The van der Waals surface area contributed by atoms with Gasteiger partial charge in [-0.3, -0.25) is 4.98 Å². The number of aromatic nitrogens is 3. The van der Waals surface area contributed by atoms with Crippen LogP contribution in [0.15, 0.2) is 42.6 Å². The summed E-state index contributed by atoms with van der Waals surface area (Å²) < 4.78 is 31.7. The van der Waals surface area contributed by atoms with Gasteiger partial charge in [-0.05, 0) is 29.8 Å². The number of H-pyrrole nitrogens is 1. The molecule has 4 aromatic rings. The van der Waals surface area contributed by atoms with Gasteiger partial charge in [-0.1, -0.05) is 12.1 Å². The summed E-state index contributed by atoms with van der Waals surface area (Å²) in [5.74, 6) is -2.08. The van der Waals surface area contributed by atoms with Gasteiger partial charge in [-0.25, -0.2) is 4.79 Å². The predicted molar refractivity (Wildman–Crippen MR) is 104 cm³/mol. The number of halogens is 3. The average Bonchev–Trinajstić information content (AvgIpc) is 3.09. The molecule has 0 fully saturated rings. The number of rotatable bonds is 1. The van der Waals surface area contributed by atoms with Crippen LogP contribution in [0.5, 0.6) is 0 Å². The fourth-order valence-corrected chi connectivity index (χ4v) is 2.83. The molecule has 150 valence electrons. The molecule has 0 aliphatic rings. The lowest BCUT2D eigenvalue weighted by atomic mass is 9.99. The molecule has 2 aromatic heterocycles. The van der Waals surface area contributed by atoms with Gasteiger partial charge in [0.05, 0.1) is 11.0 Å². The topological polar surface area (TPSA) is 157 Å². The quantitative estimate of drug-likeness (QED) is 0.305. The molecule has 0 atom stereocenters. The van der Waals surface area contributed by atoms with E-state index >= 15 is 0 Å². The molecule has 2 aromatic carbocycles. The Morgan fingerprint density at radius 3 is 2.41 bits per heavy atom. The van der Waals surface area contributed by atoms with Crippen molar-refractivity contribution in [2.24, 2.45) is 0 Å². The van der Waals surface area contributed by atoms with Gasteiger partial charge in [0, 0.05) is 28.2 Å². The summed E-state index contributed by atoms with van der Waals surface area (Å²) in [6.07, 6.45) is -3.32. The van der Waals surface area contributed by atoms with Crippen LogP contribution in [-0.2, 0) is 4.79 Å². The van der Waals surface area contributed by atoms with E-state index in [1.54, 1.807) is 6.20 Å². The minimum atomic E-state index is -5.08. The molecule has 2 heterocycles. The first-order chi connectivity index (χ1) is 13.6. The third kappa shape index (κ3) is 3.98. The van der Waals surface area contributed by atoms with E-state index < -0.39 is 12.1 Å². The SMILES string of the molecule is Nc1cccc(-c2cc3[nH]c(N)nc(N)c3c3ccnc23)c1.O=C(O)C(F)(F)F. The number of hydrogen-bond acceptors (Lipinski definition) is 6. The van der Waals surface area contributed by atoms with Crippen LogP contribution in [-0.4, -0.2) is 32.2 Å². The minimum absolute atomic E-state index is 0.280. The van der Waals surface area contributed by atoms with Crippen molar-refractivity contribution < 1.29 is 23.1 Å². The number of fused-ring (bicyclic) bond motifs is 3. The second-order valence-corrected chi connectivity index (χ2v) is 5.99. The lowest BCUT2D eigenvalue weighted by Crippen LogP contribution is -2.21. The van der Waals surface area contributed by atoms with Gasteiger partial charge in [0.25, 0.3) is 0 Å². The average molecular weight is 404 g/mol. The van der Waals surface area contributed by atoms with Crippen LogP contribution >= 0.6 is 0 Å². The molecule has 0 aliphatic carbocycles. The molecule has 0 unspecified atom stereocenters. The number of nitrogens with two attached hydrogens (primary N) is 3. The Morgan fingerprint density at radius 2 is 1.79 bits per heavy atom. The van der Waals surface area contributed by atoms with Crippen LogP contribution in [0, 0.1) is 0 Å². The van der Waals surface area contributed by atoms with E-state index in [-0.39, 0.29) is 5.95 Å². The Hall–Kier alpha value is -4.02. The van der Waals surface area contributed by atoms with E-state index in [9.17, 15) is 13.2 Å². The van der Waals surface area contributed by atoms with Crippen molar-refractivity contribution in [2.75, 3.05) is 17.2 Å². The molecule has 8 nitrogen and oxygen atoms in total. The number of nitrogen functional groups attached to an aromatic ring is 3. The smallest absolute Gasteiger partial charge is 0.475 e. The molecule has 8 N–H and O–H groups in total. The maximum Gasteiger partial charge on any atom is 0.490 e. The van der Waals surface area contributed by atoms with E-state index in [4.69, 9.17) is 27.1 Å². The van der Waals surface area contributed by atoms with E-state index in [1.807, 2.05) is 36.4 Å². The zero-order valence-electron chi connectivity index (χ0n) is 14.7. The van der Waals surface area contributed by atoms with Crippen LogP contribution in [0.4, 0.5) is 30.6 Å². The van der Waals surface area contributed by atoms with E-state index in [0.29, 0.717) is 11.5 Å². The fourth-order valence-electron chi connectivity index (χ4n) is 2.83. The molecular formula is C18H15F3N6O2. The first-order valence-electron chi connectivity index (χ1n) is 8.06. The number of carboxylic acids is 1. The van der Waals surface area contributed by atoms with Gasteiger partial charge in [0.15, 0.2) is 5.95 Å². The highest BCUT2D eigenvalue weighted by molar-refractivity contribution is 6.15. The molecule has 0 bridgehead atoms. The number of benzene rings is 2. The highest BCUT2D eigenvalue weighted by Crippen LogP contribution is 2.36. The molecule has 4 rings (SSSR count). The van der Waals surface area contributed by atoms with Crippen LogP contribution in [0.1, 0.15) is 0 Å². The molecule has 0 aliphatic heterocycles. The number of carboxylic acid groups (broad SMARTS) is 1. The van der Waals surface area contributed by atoms with Gasteiger partial charge in [0.2, 0.25) is 0 Å². The second-order valence-electron chi connectivity index (χ2n) is 5.99. The third-order valence-electron chi connectivity index (χ3n) is 3.98. The molecule has 0 amide bonds. The molecule has 0 radical (unpaired) electrons. The summed E-state index contributed by atoms with van der Waals surface area (Å²) >= 11 is 0. The maximum atomic E-state index is 10.6. The van der Waals surface area contributed by atoms with Crippen molar-refractivity contribution in [3.05, 3.63) is 42.6 Å². The number of nitrogens with zero attached hydrogens (tertiary/aromatic N) is 2. The van der Waals surface area contributed by atoms with Crippen LogP contribution in [0.3, 0.4) is 0 Å². The number of aromatic amines is 1. The normalized spacial score (nSPS) is 11.3. The number of aliphatic carboxylic acids is 1. The van der Waals surface area contributed by atoms with Crippen LogP contribution in [0.25, 0.3) is 32.9 Å². The zero-order chi connectivity index (χ0) is 21.3. The minimum Gasteiger partial charge on any atom is -0.475 e. The largest absolute Gasteiger partial charge is 0.490 e. The standard InChI is InChI=1S/C16H14N6.C2HF3O2/c17-9-3-1-2-8(6-9)11-7-12-13(10-4-5-20-14(10)11)15(18)22-16(19)21-12;3-2(4,5)1(6)7/h1-7H,17-18H2,(H3,19,21,22);(H,6,7). The van der Waals surface area contributed by atoms with Crippen molar-refractivity contribution in [1.29, 1.82) is 0 Å². The Kier molecular flexibility index (Phi) is 4.89. The van der Waals surface area contributed by atoms with Gasteiger partial charge in [-0.2, -0.15) is 18.2 Å². The summed E-state index contributed by atoms with van der Waals surface area (Å²) in [7, 11) is 0. The molecule has 0 saturated heterocycles. The van der Waals surface area contributed by atoms with Crippen molar-refractivity contribution in [3.63, 3.8) is 0 Å². The number of alkyl halides is 3. The van der Waals surface area contributed by atoms with Gasteiger partial charge < -0.3 is 27.3 Å². The first-order valence-corrected chi connectivity index (χ1v) is 8.06. The van der Waals surface area contributed by atoms with E-state index in [0.717, 1.165) is 32.9 Å². The summed E-state index contributed by atoms with van der Waals surface area (Å²) in [5, 5.41) is 8.89. The summed E-state index contributed by atoms with van der Waals surface area (Å²) in [6, 6.07) is 11.6. The zero-order valence-corrected chi connectivity index (χ0v) is 14.7. The molecule has 11 heteroatoms. The molecule has 0 spiro atoms. The Balaban J connectivity index is 0.000000298.